The first-order chi connectivity index (χ1) is 8.97. The molecule has 7 heteroatoms. The summed E-state index contributed by atoms with van der Waals surface area (Å²) in [6.07, 6.45) is 0.885. The van der Waals surface area contributed by atoms with Gasteiger partial charge in [-0.25, -0.2) is 9.59 Å². The van der Waals surface area contributed by atoms with Crippen molar-refractivity contribution in [2.24, 2.45) is 5.73 Å². The molecule has 0 saturated carbocycles. The summed E-state index contributed by atoms with van der Waals surface area (Å²) in [6, 6.07) is 5.32. The number of nitrogens with two attached hydrogens (primary N) is 1. The quantitative estimate of drug-likeness (QED) is 0.447. The largest absolute Gasteiger partial charge is 0.473 e. The van der Waals surface area contributed by atoms with Gasteiger partial charge in [0, 0.05) is 28.5 Å². The number of hydrogen-bond acceptors (Lipinski definition) is 4. The summed E-state index contributed by atoms with van der Waals surface area (Å²) in [6.45, 7) is 0. The minimum absolute atomic E-state index is 0.194. The highest BCUT2D eigenvalue weighted by Gasteiger charge is 2.18. The Balaban J connectivity index is 2.15. The number of carbonyl (C=O) groups is 2. The Kier molecular flexibility index (Phi) is 3.73. The number of H-pyrrole nitrogens is 1. The molecule has 1 atom stereocenters. The number of aliphatic carboxylic acids is 1. The van der Waals surface area contributed by atoms with E-state index in [0.29, 0.717) is 5.02 Å². The maximum Gasteiger partial charge on any atom is 0.418 e. The SMILES string of the molecule is NC(Cc1c[nH]c2ccc(Cl)cc12)OC(=O)C(=O)O. The molecule has 0 saturated heterocycles. The fraction of sp³-hybridized carbons (Fsp3) is 0.167. The van der Waals surface area contributed by atoms with Crippen molar-refractivity contribution in [1.29, 1.82) is 0 Å². The van der Waals surface area contributed by atoms with Crippen LogP contribution in [-0.4, -0.2) is 28.3 Å². The second-order valence-corrected chi connectivity index (χ2v) is 4.39. The number of carboxylic acid groups (broad SMARTS) is 1. The van der Waals surface area contributed by atoms with Gasteiger partial charge in [0.15, 0.2) is 6.23 Å². The molecule has 100 valence electrons. The zero-order chi connectivity index (χ0) is 14.0. The van der Waals surface area contributed by atoms with Crippen molar-refractivity contribution >= 4 is 34.4 Å². The Morgan fingerprint density at radius 1 is 1.47 bits per heavy atom. The van der Waals surface area contributed by atoms with Crippen LogP contribution in [0.2, 0.25) is 5.02 Å². The van der Waals surface area contributed by atoms with Gasteiger partial charge in [0.1, 0.15) is 0 Å². The van der Waals surface area contributed by atoms with Crippen LogP contribution in [0.4, 0.5) is 0 Å². The molecular weight excluding hydrogens is 272 g/mol. The molecule has 0 bridgehead atoms. The van der Waals surface area contributed by atoms with E-state index in [2.05, 4.69) is 9.72 Å². The Bertz CT molecular complexity index is 638. The molecule has 6 nitrogen and oxygen atoms in total. The average molecular weight is 283 g/mol. The van der Waals surface area contributed by atoms with Gasteiger partial charge in [-0.3, -0.25) is 5.73 Å². The van der Waals surface area contributed by atoms with E-state index >= 15 is 0 Å². The average Bonchev–Trinajstić information content (AvgIpc) is 2.71. The second-order valence-electron chi connectivity index (χ2n) is 3.96. The molecule has 1 unspecified atom stereocenters. The van der Waals surface area contributed by atoms with Gasteiger partial charge in [-0.2, -0.15) is 0 Å². The highest BCUT2D eigenvalue weighted by Crippen LogP contribution is 2.23. The first-order valence-electron chi connectivity index (χ1n) is 5.42. The predicted molar refractivity (Wildman–Crippen MR) is 68.7 cm³/mol. The summed E-state index contributed by atoms with van der Waals surface area (Å²) < 4.78 is 4.56. The number of aromatic nitrogens is 1. The van der Waals surface area contributed by atoms with Crippen molar-refractivity contribution < 1.29 is 19.4 Å². The molecule has 1 heterocycles. The highest BCUT2D eigenvalue weighted by molar-refractivity contribution is 6.31. The van der Waals surface area contributed by atoms with E-state index < -0.39 is 18.2 Å². The number of fused-ring (bicyclic) bond motifs is 1. The van der Waals surface area contributed by atoms with Crippen molar-refractivity contribution in [2.45, 2.75) is 12.6 Å². The summed E-state index contributed by atoms with van der Waals surface area (Å²) in [5.41, 5.74) is 7.25. The van der Waals surface area contributed by atoms with Gasteiger partial charge < -0.3 is 14.8 Å². The maximum absolute atomic E-state index is 10.9. The Hall–Kier alpha value is -2.05. The molecule has 2 rings (SSSR count). The highest BCUT2D eigenvalue weighted by atomic mass is 35.5. The van der Waals surface area contributed by atoms with E-state index in [1.54, 1.807) is 18.3 Å². The second kappa shape index (κ2) is 5.29. The molecule has 2 aromatic rings. The smallest absolute Gasteiger partial charge is 0.418 e. The molecule has 19 heavy (non-hydrogen) atoms. The summed E-state index contributed by atoms with van der Waals surface area (Å²) in [5.74, 6) is -3.04. The number of carbonyl (C=O) groups excluding carboxylic acids is 1. The fourth-order valence-electron chi connectivity index (χ4n) is 1.77. The molecule has 0 amide bonds. The third-order valence-corrected chi connectivity index (χ3v) is 2.82. The standard InChI is InChI=1S/C12H11ClN2O4/c13-7-1-2-9-8(4-7)6(5-15-9)3-10(14)19-12(18)11(16)17/h1-2,4-5,10,15H,3,14H2,(H,16,17). The summed E-state index contributed by atoms with van der Waals surface area (Å²) >= 11 is 5.90. The normalized spacial score (nSPS) is 12.3. The van der Waals surface area contributed by atoms with Gasteiger partial charge >= 0.3 is 11.9 Å². The first-order valence-corrected chi connectivity index (χ1v) is 5.80. The number of esters is 1. The van der Waals surface area contributed by atoms with Crippen LogP contribution in [-0.2, 0) is 20.7 Å². The van der Waals surface area contributed by atoms with Crippen LogP contribution in [0.5, 0.6) is 0 Å². The van der Waals surface area contributed by atoms with E-state index in [1.165, 1.54) is 0 Å². The van der Waals surface area contributed by atoms with Crippen molar-refractivity contribution in [3.8, 4) is 0 Å². The van der Waals surface area contributed by atoms with Gasteiger partial charge in [-0.05, 0) is 23.8 Å². The molecule has 0 aliphatic heterocycles. The molecular formula is C12H11ClN2O4. The Morgan fingerprint density at radius 2 is 2.21 bits per heavy atom. The van der Waals surface area contributed by atoms with Crippen molar-refractivity contribution in [3.63, 3.8) is 0 Å². The van der Waals surface area contributed by atoms with Crippen LogP contribution in [0.3, 0.4) is 0 Å². The summed E-state index contributed by atoms with van der Waals surface area (Å²) in [5, 5.41) is 9.84. The topological polar surface area (TPSA) is 105 Å². The van der Waals surface area contributed by atoms with E-state index in [1.807, 2.05) is 6.07 Å². The molecule has 0 aliphatic carbocycles. The van der Waals surface area contributed by atoms with E-state index in [-0.39, 0.29) is 6.42 Å². The molecule has 0 aliphatic rings. The van der Waals surface area contributed by atoms with Crippen LogP contribution >= 0.6 is 11.6 Å². The van der Waals surface area contributed by atoms with Crippen LogP contribution < -0.4 is 5.73 Å². The third kappa shape index (κ3) is 3.04. The Morgan fingerprint density at radius 3 is 2.89 bits per heavy atom. The third-order valence-electron chi connectivity index (χ3n) is 2.58. The van der Waals surface area contributed by atoms with Crippen LogP contribution in [0, 0.1) is 0 Å². The Labute approximate surface area is 113 Å². The monoisotopic (exact) mass is 282 g/mol. The zero-order valence-electron chi connectivity index (χ0n) is 9.72. The van der Waals surface area contributed by atoms with E-state index in [0.717, 1.165) is 16.5 Å². The van der Waals surface area contributed by atoms with Crippen molar-refractivity contribution in [3.05, 3.63) is 35.0 Å². The fourth-order valence-corrected chi connectivity index (χ4v) is 1.94. The molecule has 0 spiro atoms. The number of hydrogen-bond donors (Lipinski definition) is 3. The first kappa shape index (κ1) is 13.4. The molecule has 4 N–H and O–H groups in total. The summed E-state index contributed by atoms with van der Waals surface area (Å²) in [4.78, 5) is 24.2. The molecule has 0 radical (unpaired) electrons. The van der Waals surface area contributed by atoms with Gasteiger partial charge in [0.05, 0.1) is 0 Å². The van der Waals surface area contributed by atoms with Crippen LogP contribution in [0.1, 0.15) is 5.56 Å². The number of nitrogens with one attached hydrogen (secondary N) is 1. The molecule has 0 fully saturated rings. The van der Waals surface area contributed by atoms with Crippen molar-refractivity contribution in [1.82, 2.24) is 4.98 Å². The molecule has 1 aromatic carbocycles. The minimum atomic E-state index is -1.67. The lowest BCUT2D eigenvalue weighted by atomic mass is 10.1. The maximum atomic E-state index is 10.9. The number of aromatic amines is 1. The number of ether oxygens (including phenoxy) is 1. The van der Waals surface area contributed by atoms with Crippen molar-refractivity contribution in [2.75, 3.05) is 0 Å². The van der Waals surface area contributed by atoms with E-state index in [9.17, 15) is 9.59 Å². The summed E-state index contributed by atoms with van der Waals surface area (Å²) in [7, 11) is 0. The van der Waals surface area contributed by atoms with E-state index in [4.69, 9.17) is 22.4 Å². The number of halogens is 1. The van der Waals surface area contributed by atoms with Gasteiger partial charge in [0.25, 0.3) is 0 Å². The number of carboxylic acids is 1. The van der Waals surface area contributed by atoms with Gasteiger partial charge in [-0.1, -0.05) is 11.6 Å². The molecule has 1 aromatic heterocycles. The van der Waals surface area contributed by atoms with Crippen LogP contribution in [0.25, 0.3) is 10.9 Å². The number of benzene rings is 1. The predicted octanol–water partition coefficient (Wildman–Crippen LogP) is 1.28. The van der Waals surface area contributed by atoms with Gasteiger partial charge in [0.2, 0.25) is 0 Å². The van der Waals surface area contributed by atoms with Crippen LogP contribution in [0.15, 0.2) is 24.4 Å². The minimum Gasteiger partial charge on any atom is -0.473 e. The lowest BCUT2D eigenvalue weighted by Crippen LogP contribution is -2.32. The lowest BCUT2D eigenvalue weighted by Gasteiger charge is -2.10. The lowest BCUT2D eigenvalue weighted by molar-refractivity contribution is -0.167. The zero-order valence-corrected chi connectivity index (χ0v) is 10.5. The number of rotatable bonds is 3. The van der Waals surface area contributed by atoms with Gasteiger partial charge in [-0.15, -0.1) is 0 Å².